The van der Waals surface area contributed by atoms with Gasteiger partial charge in [0.25, 0.3) is 0 Å². The standard InChI is InChI=1S/C18H25ClN2O3/c1-23-16-7-6-13(19)12-14(16)20-18(22)8-9-21-10-11-24-17-5-3-2-4-15(17)21/h6-7,12,15,17H,2-5,8-11H2,1H3,(H,20,22)/t15-,17-/m0/s1. The van der Waals surface area contributed by atoms with Crippen LogP contribution >= 0.6 is 11.6 Å². The van der Waals surface area contributed by atoms with E-state index < -0.39 is 0 Å². The van der Waals surface area contributed by atoms with Crippen LogP contribution in [0.25, 0.3) is 0 Å². The highest BCUT2D eigenvalue weighted by Gasteiger charge is 2.33. The van der Waals surface area contributed by atoms with Gasteiger partial charge in [0, 0.05) is 30.6 Å². The molecule has 0 spiro atoms. The van der Waals surface area contributed by atoms with Crippen molar-refractivity contribution in [2.75, 3.05) is 32.1 Å². The number of amides is 1. The summed E-state index contributed by atoms with van der Waals surface area (Å²) >= 11 is 6.00. The van der Waals surface area contributed by atoms with E-state index in [2.05, 4.69) is 10.2 Å². The van der Waals surface area contributed by atoms with Crippen LogP contribution in [0.15, 0.2) is 18.2 Å². The number of nitrogens with zero attached hydrogens (tertiary/aromatic N) is 1. The summed E-state index contributed by atoms with van der Waals surface area (Å²) in [7, 11) is 1.58. The molecule has 1 aliphatic carbocycles. The van der Waals surface area contributed by atoms with Crippen molar-refractivity contribution in [2.24, 2.45) is 0 Å². The quantitative estimate of drug-likeness (QED) is 0.883. The minimum absolute atomic E-state index is 0.0191. The number of fused-ring (bicyclic) bond motifs is 1. The summed E-state index contributed by atoms with van der Waals surface area (Å²) in [6, 6.07) is 5.69. The van der Waals surface area contributed by atoms with Crippen molar-refractivity contribution in [3.63, 3.8) is 0 Å². The van der Waals surface area contributed by atoms with Gasteiger partial charge in [0.1, 0.15) is 5.75 Å². The Hall–Kier alpha value is -1.30. The second-order valence-electron chi connectivity index (χ2n) is 6.44. The average molecular weight is 353 g/mol. The lowest BCUT2D eigenvalue weighted by atomic mass is 9.90. The number of carbonyl (C=O) groups excluding carboxylic acids is 1. The van der Waals surface area contributed by atoms with Gasteiger partial charge in [-0.1, -0.05) is 24.4 Å². The molecule has 2 aliphatic rings. The molecule has 6 heteroatoms. The van der Waals surface area contributed by atoms with Crippen molar-refractivity contribution in [2.45, 2.75) is 44.2 Å². The van der Waals surface area contributed by atoms with Crippen LogP contribution in [0.4, 0.5) is 5.69 Å². The molecule has 1 saturated carbocycles. The number of nitrogens with one attached hydrogen (secondary N) is 1. The number of ether oxygens (including phenoxy) is 2. The maximum atomic E-state index is 12.3. The fraction of sp³-hybridized carbons (Fsp3) is 0.611. The fourth-order valence-electron chi connectivity index (χ4n) is 3.69. The first-order chi connectivity index (χ1) is 11.7. The van der Waals surface area contributed by atoms with Crippen molar-refractivity contribution in [3.8, 4) is 5.75 Å². The highest BCUT2D eigenvalue weighted by Crippen LogP contribution is 2.29. The molecule has 2 fully saturated rings. The van der Waals surface area contributed by atoms with Crippen LogP contribution in [0.2, 0.25) is 5.02 Å². The van der Waals surface area contributed by atoms with Gasteiger partial charge < -0.3 is 14.8 Å². The molecule has 0 radical (unpaired) electrons. The van der Waals surface area contributed by atoms with E-state index in [1.165, 1.54) is 19.3 Å². The molecule has 1 aliphatic heterocycles. The van der Waals surface area contributed by atoms with Gasteiger partial charge in [0.2, 0.25) is 5.91 Å². The molecule has 1 amide bonds. The Morgan fingerprint density at radius 1 is 1.42 bits per heavy atom. The van der Waals surface area contributed by atoms with Crippen LogP contribution in [0, 0.1) is 0 Å². The van der Waals surface area contributed by atoms with Crippen molar-refractivity contribution < 1.29 is 14.3 Å². The van der Waals surface area contributed by atoms with Crippen molar-refractivity contribution >= 4 is 23.2 Å². The van der Waals surface area contributed by atoms with Gasteiger partial charge in [-0.2, -0.15) is 0 Å². The van der Waals surface area contributed by atoms with E-state index in [4.69, 9.17) is 21.1 Å². The summed E-state index contributed by atoms with van der Waals surface area (Å²) in [5.41, 5.74) is 0.618. The summed E-state index contributed by atoms with van der Waals surface area (Å²) in [6.07, 6.45) is 5.64. The van der Waals surface area contributed by atoms with Gasteiger partial charge in [-0.15, -0.1) is 0 Å². The monoisotopic (exact) mass is 352 g/mol. The predicted octanol–water partition coefficient (Wildman–Crippen LogP) is 3.32. The molecule has 2 atom stereocenters. The summed E-state index contributed by atoms with van der Waals surface area (Å²) in [5, 5.41) is 3.48. The van der Waals surface area contributed by atoms with E-state index in [0.29, 0.717) is 35.0 Å². The van der Waals surface area contributed by atoms with Crippen molar-refractivity contribution in [1.29, 1.82) is 0 Å². The molecule has 0 unspecified atom stereocenters. The number of halogens is 1. The van der Waals surface area contributed by atoms with Crippen molar-refractivity contribution in [1.82, 2.24) is 4.90 Å². The molecule has 1 aromatic rings. The Bertz CT molecular complexity index is 579. The Morgan fingerprint density at radius 3 is 3.08 bits per heavy atom. The number of hydrogen-bond donors (Lipinski definition) is 1. The first-order valence-electron chi connectivity index (χ1n) is 8.66. The summed E-state index contributed by atoms with van der Waals surface area (Å²) < 4.78 is 11.2. The summed E-state index contributed by atoms with van der Waals surface area (Å²) in [4.78, 5) is 14.7. The van der Waals surface area contributed by atoms with Crippen LogP contribution in [0.5, 0.6) is 5.75 Å². The highest BCUT2D eigenvalue weighted by molar-refractivity contribution is 6.31. The zero-order valence-corrected chi connectivity index (χ0v) is 14.8. The molecule has 5 nitrogen and oxygen atoms in total. The van der Waals surface area contributed by atoms with Gasteiger partial charge in [0.15, 0.2) is 0 Å². The van der Waals surface area contributed by atoms with E-state index in [1.54, 1.807) is 25.3 Å². The third kappa shape index (κ3) is 4.21. The summed E-state index contributed by atoms with van der Waals surface area (Å²) in [5.74, 6) is 0.598. The minimum atomic E-state index is -0.0191. The molecular weight excluding hydrogens is 328 g/mol. The molecule has 24 heavy (non-hydrogen) atoms. The predicted molar refractivity (Wildman–Crippen MR) is 94.8 cm³/mol. The van der Waals surface area contributed by atoms with Crippen LogP contribution in [0.1, 0.15) is 32.1 Å². The lowest BCUT2D eigenvalue weighted by molar-refractivity contribution is -0.118. The highest BCUT2D eigenvalue weighted by atomic mass is 35.5. The zero-order chi connectivity index (χ0) is 16.9. The number of anilines is 1. The van der Waals surface area contributed by atoms with Crippen LogP contribution in [-0.4, -0.2) is 49.8 Å². The smallest absolute Gasteiger partial charge is 0.225 e. The third-order valence-electron chi connectivity index (χ3n) is 4.91. The second kappa shape index (κ2) is 8.19. The largest absolute Gasteiger partial charge is 0.495 e. The lowest BCUT2D eigenvalue weighted by Crippen LogP contribution is -2.53. The number of methoxy groups -OCH3 is 1. The zero-order valence-electron chi connectivity index (χ0n) is 14.1. The lowest BCUT2D eigenvalue weighted by Gasteiger charge is -2.43. The topological polar surface area (TPSA) is 50.8 Å². The SMILES string of the molecule is COc1ccc(Cl)cc1NC(=O)CCN1CCO[C@H]2CCCC[C@@H]21. The fourth-order valence-corrected chi connectivity index (χ4v) is 3.86. The molecule has 0 aromatic heterocycles. The maximum Gasteiger partial charge on any atom is 0.225 e. The van der Waals surface area contributed by atoms with Crippen LogP contribution in [0.3, 0.4) is 0 Å². The first-order valence-corrected chi connectivity index (χ1v) is 9.04. The Balaban J connectivity index is 1.54. The Morgan fingerprint density at radius 2 is 2.25 bits per heavy atom. The van der Waals surface area contributed by atoms with Crippen molar-refractivity contribution in [3.05, 3.63) is 23.2 Å². The Labute approximate surface area is 148 Å². The molecule has 3 rings (SSSR count). The molecule has 1 aromatic carbocycles. The van der Waals surface area contributed by atoms with E-state index in [0.717, 1.165) is 26.1 Å². The molecule has 0 bridgehead atoms. The molecule has 1 N–H and O–H groups in total. The number of rotatable bonds is 5. The molecular formula is C18H25ClN2O3. The Kier molecular flexibility index (Phi) is 5.98. The van der Waals surface area contributed by atoms with E-state index in [1.807, 2.05) is 0 Å². The average Bonchev–Trinajstić information content (AvgIpc) is 2.60. The molecule has 1 saturated heterocycles. The molecule has 132 valence electrons. The van der Waals surface area contributed by atoms with E-state index in [-0.39, 0.29) is 5.91 Å². The number of morpholine rings is 1. The van der Waals surface area contributed by atoms with E-state index >= 15 is 0 Å². The van der Waals surface area contributed by atoms with E-state index in [9.17, 15) is 4.79 Å². The van der Waals surface area contributed by atoms with Gasteiger partial charge in [0.05, 0.1) is 25.5 Å². The van der Waals surface area contributed by atoms with Crippen LogP contribution < -0.4 is 10.1 Å². The third-order valence-corrected chi connectivity index (χ3v) is 5.14. The van der Waals surface area contributed by atoms with Gasteiger partial charge in [-0.05, 0) is 31.0 Å². The van der Waals surface area contributed by atoms with Gasteiger partial charge >= 0.3 is 0 Å². The van der Waals surface area contributed by atoms with Gasteiger partial charge in [-0.25, -0.2) is 0 Å². The number of benzene rings is 1. The van der Waals surface area contributed by atoms with Crippen LogP contribution in [-0.2, 0) is 9.53 Å². The maximum absolute atomic E-state index is 12.3. The number of carbonyl (C=O) groups is 1. The normalized spacial score (nSPS) is 24.2. The second-order valence-corrected chi connectivity index (χ2v) is 6.88. The number of hydrogen-bond acceptors (Lipinski definition) is 4. The summed E-state index contributed by atoms with van der Waals surface area (Å²) in [6.45, 7) is 2.44. The van der Waals surface area contributed by atoms with Gasteiger partial charge in [-0.3, -0.25) is 9.69 Å². The molecule has 1 heterocycles. The minimum Gasteiger partial charge on any atom is -0.495 e. The first kappa shape index (κ1) is 17.5.